The fourth-order valence-corrected chi connectivity index (χ4v) is 5.22. The van der Waals surface area contributed by atoms with Crippen LogP contribution in [0, 0.1) is 19.8 Å². The SMILES string of the molecule is Cc1cc(C(=O)Nc2nncs2)cc(S(=O)(=O)N2CCC(C)CC2)c1C. The van der Waals surface area contributed by atoms with Crippen LogP contribution in [0.5, 0.6) is 0 Å². The molecule has 2 heterocycles. The Hall–Kier alpha value is -1.84. The van der Waals surface area contributed by atoms with E-state index in [1.54, 1.807) is 13.0 Å². The zero-order chi connectivity index (χ0) is 18.9. The number of sulfonamides is 1. The molecule has 1 aliphatic heterocycles. The van der Waals surface area contributed by atoms with Crippen molar-refractivity contribution in [1.29, 1.82) is 0 Å². The number of benzene rings is 1. The quantitative estimate of drug-likeness (QED) is 0.861. The van der Waals surface area contributed by atoms with Gasteiger partial charge in [0.2, 0.25) is 15.2 Å². The molecule has 1 N–H and O–H groups in total. The monoisotopic (exact) mass is 394 g/mol. The molecular formula is C17H22N4O3S2. The Balaban J connectivity index is 1.94. The molecule has 26 heavy (non-hydrogen) atoms. The number of nitrogens with one attached hydrogen (secondary N) is 1. The van der Waals surface area contributed by atoms with Crippen molar-refractivity contribution in [1.82, 2.24) is 14.5 Å². The zero-order valence-corrected chi connectivity index (χ0v) is 16.7. The van der Waals surface area contributed by atoms with Crippen molar-refractivity contribution < 1.29 is 13.2 Å². The molecule has 0 saturated carbocycles. The summed E-state index contributed by atoms with van der Waals surface area (Å²) in [4.78, 5) is 12.7. The summed E-state index contributed by atoms with van der Waals surface area (Å²) >= 11 is 1.21. The van der Waals surface area contributed by atoms with Crippen LogP contribution in [0.1, 0.15) is 41.3 Å². The number of rotatable bonds is 4. The van der Waals surface area contributed by atoms with Gasteiger partial charge >= 0.3 is 0 Å². The number of carbonyl (C=O) groups is 1. The molecule has 9 heteroatoms. The van der Waals surface area contributed by atoms with Crippen molar-refractivity contribution >= 4 is 32.4 Å². The normalized spacial score (nSPS) is 16.6. The van der Waals surface area contributed by atoms with Crippen LogP contribution in [-0.2, 0) is 10.0 Å². The van der Waals surface area contributed by atoms with Gasteiger partial charge in [-0.3, -0.25) is 10.1 Å². The Morgan fingerprint density at radius 1 is 1.27 bits per heavy atom. The summed E-state index contributed by atoms with van der Waals surface area (Å²) in [7, 11) is -3.63. The van der Waals surface area contributed by atoms with Crippen LogP contribution in [0.4, 0.5) is 5.13 Å². The predicted octanol–water partition coefficient (Wildman–Crippen LogP) is 2.83. The van der Waals surface area contributed by atoms with E-state index < -0.39 is 15.9 Å². The lowest BCUT2D eigenvalue weighted by Gasteiger charge is -2.30. The lowest BCUT2D eigenvalue weighted by Crippen LogP contribution is -2.38. The van der Waals surface area contributed by atoms with E-state index in [0.717, 1.165) is 18.4 Å². The summed E-state index contributed by atoms with van der Waals surface area (Å²) in [5, 5.41) is 10.5. The fraction of sp³-hybridized carbons (Fsp3) is 0.471. The summed E-state index contributed by atoms with van der Waals surface area (Å²) < 4.78 is 27.8. The highest BCUT2D eigenvalue weighted by Gasteiger charge is 2.30. The van der Waals surface area contributed by atoms with Crippen LogP contribution >= 0.6 is 11.3 Å². The molecular weight excluding hydrogens is 372 g/mol. The van der Waals surface area contributed by atoms with Crippen molar-refractivity contribution in [2.24, 2.45) is 5.92 Å². The maximum Gasteiger partial charge on any atom is 0.257 e. The molecule has 2 aromatic rings. The zero-order valence-electron chi connectivity index (χ0n) is 15.0. The van der Waals surface area contributed by atoms with Crippen LogP contribution < -0.4 is 5.32 Å². The third-order valence-corrected chi connectivity index (χ3v) is 7.45. The Morgan fingerprint density at radius 2 is 1.96 bits per heavy atom. The van der Waals surface area contributed by atoms with Gasteiger partial charge in [0.1, 0.15) is 5.51 Å². The molecule has 3 rings (SSSR count). The van der Waals surface area contributed by atoms with Crippen LogP contribution in [0.2, 0.25) is 0 Å². The maximum atomic E-state index is 13.1. The molecule has 1 fully saturated rings. The second-order valence-corrected chi connectivity index (χ2v) is 9.44. The van der Waals surface area contributed by atoms with Gasteiger partial charge in [0, 0.05) is 18.7 Å². The number of piperidine rings is 1. The lowest BCUT2D eigenvalue weighted by molar-refractivity contribution is 0.102. The van der Waals surface area contributed by atoms with Crippen molar-refractivity contribution in [3.63, 3.8) is 0 Å². The molecule has 7 nitrogen and oxygen atoms in total. The number of amides is 1. The van der Waals surface area contributed by atoms with Gasteiger partial charge in [-0.15, -0.1) is 10.2 Å². The average molecular weight is 395 g/mol. The molecule has 1 aliphatic rings. The minimum atomic E-state index is -3.63. The fourth-order valence-electron chi connectivity index (χ4n) is 2.99. The lowest BCUT2D eigenvalue weighted by atomic mass is 10.0. The smallest absolute Gasteiger partial charge is 0.257 e. The van der Waals surface area contributed by atoms with Gasteiger partial charge in [0.15, 0.2) is 0 Å². The summed E-state index contributed by atoms with van der Waals surface area (Å²) in [6, 6.07) is 3.16. The first-order valence-electron chi connectivity index (χ1n) is 8.48. The standard InChI is InChI=1S/C17H22N4O3S2/c1-11-4-6-21(7-5-11)26(23,24)15-9-14(8-12(2)13(15)3)16(22)19-17-20-18-10-25-17/h8-11H,4-7H2,1-3H3,(H,19,20,22). The number of carbonyl (C=O) groups excluding carboxylic acids is 1. The summed E-state index contributed by atoms with van der Waals surface area (Å²) in [5.74, 6) is 0.141. The first kappa shape index (κ1) is 18.9. The van der Waals surface area contributed by atoms with E-state index in [4.69, 9.17) is 0 Å². The minimum absolute atomic E-state index is 0.203. The number of anilines is 1. The number of hydrogen-bond donors (Lipinski definition) is 1. The van der Waals surface area contributed by atoms with Crippen molar-refractivity contribution in [2.45, 2.75) is 38.5 Å². The van der Waals surface area contributed by atoms with E-state index in [-0.39, 0.29) is 4.90 Å². The molecule has 140 valence electrons. The van der Waals surface area contributed by atoms with Crippen molar-refractivity contribution in [3.8, 4) is 0 Å². The van der Waals surface area contributed by atoms with E-state index >= 15 is 0 Å². The van der Waals surface area contributed by atoms with Gasteiger partial charge in [0.05, 0.1) is 4.90 Å². The largest absolute Gasteiger partial charge is 0.296 e. The molecule has 0 bridgehead atoms. The highest BCUT2D eigenvalue weighted by Crippen LogP contribution is 2.28. The predicted molar refractivity (Wildman–Crippen MR) is 101 cm³/mol. The van der Waals surface area contributed by atoms with Crippen LogP contribution in [0.15, 0.2) is 22.5 Å². The Labute approximate surface area is 157 Å². The Kier molecular flexibility index (Phi) is 5.40. The van der Waals surface area contributed by atoms with Gasteiger partial charge < -0.3 is 0 Å². The molecule has 1 aromatic heterocycles. The third kappa shape index (κ3) is 3.79. The first-order chi connectivity index (χ1) is 12.3. The second-order valence-electron chi connectivity index (χ2n) is 6.70. The summed E-state index contributed by atoms with van der Waals surface area (Å²) in [6.45, 7) is 6.76. The van der Waals surface area contributed by atoms with Crippen molar-refractivity contribution in [3.05, 3.63) is 34.3 Å². The molecule has 0 atom stereocenters. The molecule has 0 radical (unpaired) electrons. The van der Waals surface area contributed by atoms with Crippen molar-refractivity contribution in [2.75, 3.05) is 18.4 Å². The van der Waals surface area contributed by atoms with E-state index in [1.807, 2.05) is 6.92 Å². The Bertz CT molecular complexity index is 902. The molecule has 1 saturated heterocycles. The van der Waals surface area contributed by atoms with Gasteiger partial charge in [-0.25, -0.2) is 8.42 Å². The number of hydrogen-bond acceptors (Lipinski definition) is 6. The van der Waals surface area contributed by atoms with Gasteiger partial charge in [0.25, 0.3) is 5.91 Å². The highest BCUT2D eigenvalue weighted by atomic mass is 32.2. The first-order valence-corrected chi connectivity index (χ1v) is 10.8. The van der Waals surface area contributed by atoms with Crippen LogP contribution in [0.25, 0.3) is 0 Å². The van der Waals surface area contributed by atoms with Gasteiger partial charge in [-0.05, 0) is 55.9 Å². The highest BCUT2D eigenvalue weighted by molar-refractivity contribution is 7.89. The summed E-state index contributed by atoms with van der Waals surface area (Å²) in [6.07, 6.45) is 1.71. The van der Waals surface area contributed by atoms with E-state index in [1.165, 1.54) is 27.2 Å². The van der Waals surface area contributed by atoms with E-state index in [9.17, 15) is 13.2 Å². The van der Waals surface area contributed by atoms with Crippen LogP contribution in [0.3, 0.4) is 0 Å². The molecule has 0 aliphatic carbocycles. The molecule has 0 spiro atoms. The number of nitrogens with zero attached hydrogens (tertiary/aromatic N) is 3. The number of aromatic nitrogens is 2. The molecule has 0 unspecified atom stereocenters. The van der Waals surface area contributed by atoms with Gasteiger partial charge in [-0.1, -0.05) is 18.3 Å². The number of aryl methyl sites for hydroxylation is 1. The molecule has 1 amide bonds. The van der Waals surface area contributed by atoms with E-state index in [0.29, 0.717) is 35.3 Å². The summed E-state index contributed by atoms with van der Waals surface area (Å²) in [5.41, 5.74) is 3.26. The third-order valence-electron chi connectivity index (χ3n) is 4.82. The Morgan fingerprint density at radius 3 is 2.58 bits per heavy atom. The van der Waals surface area contributed by atoms with E-state index in [2.05, 4.69) is 22.4 Å². The molecule has 1 aromatic carbocycles. The van der Waals surface area contributed by atoms with Crippen LogP contribution in [-0.4, -0.2) is 41.9 Å². The second kappa shape index (κ2) is 7.42. The van der Waals surface area contributed by atoms with Gasteiger partial charge in [-0.2, -0.15) is 4.31 Å². The topological polar surface area (TPSA) is 92.3 Å². The minimum Gasteiger partial charge on any atom is -0.296 e. The maximum absolute atomic E-state index is 13.1. The average Bonchev–Trinajstić information content (AvgIpc) is 3.10.